The number of ether oxygens (including phenoxy) is 1. The zero-order valence-electron chi connectivity index (χ0n) is 11.4. The fourth-order valence-corrected chi connectivity index (χ4v) is 1.67. The second kappa shape index (κ2) is 5.91. The molecule has 1 aromatic heterocycles. The first-order chi connectivity index (χ1) is 8.48. The number of rotatable bonds is 6. The number of carboxylic acid groups (broad SMARTS) is 1. The molecule has 0 aliphatic heterocycles. The number of nitrogens with zero attached hydrogens (tertiary/aromatic N) is 2. The topological polar surface area (TPSA) is 72.3 Å². The van der Waals surface area contributed by atoms with Gasteiger partial charge in [0, 0.05) is 13.3 Å². The lowest BCUT2D eigenvalue weighted by Crippen LogP contribution is -2.27. The number of methoxy groups -OCH3 is 1. The fourth-order valence-electron chi connectivity index (χ4n) is 1.67. The maximum absolute atomic E-state index is 11.1. The molecule has 1 unspecified atom stereocenters. The third-order valence-corrected chi connectivity index (χ3v) is 3.18. The van der Waals surface area contributed by atoms with Crippen molar-refractivity contribution in [3.8, 4) is 0 Å². The number of aromatic nitrogens is 2. The van der Waals surface area contributed by atoms with Gasteiger partial charge in [-0.15, -0.1) is 0 Å². The molecule has 1 heterocycles. The number of hydrogen-bond donors (Lipinski definition) is 1. The van der Waals surface area contributed by atoms with E-state index in [-0.39, 0.29) is 5.56 Å². The highest BCUT2D eigenvalue weighted by atomic mass is 16.5. The van der Waals surface area contributed by atoms with E-state index in [1.54, 1.807) is 7.11 Å². The predicted octanol–water partition coefficient (Wildman–Crippen LogP) is 2.40. The van der Waals surface area contributed by atoms with Gasteiger partial charge < -0.3 is 9.84 Å². The van der Waals surface area contributed by atoms with Gasteiger partial charge in [-0.25, -0.2) is 14.8 Å². The SMILES string of the molecule is CCCc1nc(C(C)(CC)OC)ncc1C(=O)O. The van der Waals surface area contributed by atoms with Gasteiger partial charge in [-0.05, 0) is 19.8 Å². The van der Waals surface area contributed by atoms with E-state index in [2.05, 4.69) is 9.97 Å². The number of aromatic carboxylic acids is 1. The summed E-state index contributed by atoms with van der Waals surface area (Å²) in [5.74, 6) is -0.443. The van der Waals surface area contributed by atoms with Gasteiger partial charge in [0.05, 0.1) is 11.3 Å². The molecule has 0 aliphatic rings. The van der Waals surface area contributed by atoms with Gasteiger partial charge in [0.25, 0.3) is 0 Å². The number of carbonyl (C=O) groups is 1. The van der Waals surface area contributed by atoms with Gasteiger partial charge in [-0.3, -0.25) is 0 Å². The molecule has 1 aromatic rings. The Hall–Kier alpha value is -1.49. The van der Waals surface area contributed by atoms with Crippen molar-refractivity contribution in [2.45, 2.75) is 45.6 Å². The summed E-state index contributed by atoms with van der Waals surface area (Å²) >= 11 is 0. The second-order valence-corrected chi connectivity index (χ2v) is 4.40. The number of carboxylic acids is 1. The molecule has 0 amide bonds. The molecule has 0 radical (unpaired) electrons. The summed E-state index contributed by atoms with van der Waals surface area (Å²) in [7, 11) is 1.61. The zero-order chi connectivity index (χ0) is 13.8. The van der Waals surface area contributed by atoms with E-state index in [0.717, 1.165) is 12.8 Å². The molecule has 0 saturated heterocycles. The van der Waals surface area contributed by atoms with Crippen molar-refractivity contribution in [3.63, 3.8) is 0 Å². The van der Waals surface area contributed by atoms with Crippen molar-refractivity contribution in [3.05, 3.63) is 23.3 Å². The molecule has 0 fully saturated rings. The second-order valence-electron chi connectivity index (χ2n) is 4.40. The zero-order valence-corrected chi connectivity index (χ0v) is 11.4. The quantitative estimate of drug-likeness (QED) is 0.841. The lowest BCUT2D eigenvalue weighted by Gasteiger charge is -2.25. The highest BCUT2D eigenvalue weighted by Crippen LogP contribution is 2.25. The minimum absolute atomic E-state index is 0.176. The Labute approximate surface area is 107 Å². The highest BCUT2D eigenvalue weighted by Gasteiger charge is 2.28. The Morgan fingerprint density at radius 1 is 1.50 bits per heavy atom. The molecule has 0 aliphatic carbocycles. The van der Waals surface area contributed by atoms with Crippen molar-refractivity contribution < 1.29 is 14.6 Å². The highest BCUT2D eigenvalue weighted by molar-refractivity contribution is 5.88. The van der Waals surface area contributed by atoms with Crippen LogP contribution in [0.15, 0.2) is 6.20 Å². The molecule has 5 nitrogen and oxygen atoms in total. The van der Waals surface area contributed by atoms with Crippen LogP contribution in [0.5, 0.6) is 0 Å². The monoisotopic (exact) mass is 252 g/mol. The van der Waals surface area contributed by atoms with Crippen LogP contribution in [0.4, 0.5) is 0 Å². The first-order valence-corrected chi connectivity index (χ1v) is 6.13. The Morgan fingerprint density at radius 2 is 2.17 bits per heavy atom. The van der Waals surface area contributed by atoms with Gasteiger partial charge >= 0.3 is 5.97 Å². The Bertz CT molecular complexity index is 428. The molecule has 5 heteroatoms. The predicted molar refractivity (Wildman–Crippen MR) is 67.6 cm³/mol. The Balaban J connectivity index is 3.26. The average Bonchev–Trinajstić information content (AvgIpc) is 2.37. The summed E-state index contributed by atoms with van der Waals surface area (Å²) in [6.07, 6.45) is 3.57. The van der Waals surface area contributed by atoms with Crippen LogP contribution in [0, 0.1) is 0 Å². The van der Waals surface area contributed by atoms with Crippen LogP contribution in [0.1, 0.15) is 55.5 Å². The summed E-state index contributed by atoms with van der Waals surface area (Å²) in [5.41, 5.74) is 0.182. The van der Waals surface area contributed by atoms with Crippen molar-refractivity contribution >= 4 is 5.97 Å². The van der Waals surface area contributed by atoms with Crippen LogP contribution in [0.25, 0.3) is 0 Å². The van der Waals surface area contributed by atoms with Crippen molar-refractivity contribution in [1.82, 2.24) is 9.97 Å². The van der Waals surface area contributed by atoms with Crippen molar-refractivity contribution in [1.29, 1.82) is 0 Å². The summed E-state index contributed by atoms with van der Waals surface area (Å²) in [6.45, 7) is 5.87. The van der Waals surface area contributed by atoms with E-state index < -0.39 is 11.6 Å². The first kappa shape index (κ1) is 14.6. The van der Waals surface area contributed by atoms with E-state index >= 15 is 0 Å². The Morgan fingerprint density at radius 3 is 2.61 bits per heavy atom. The van der Waals surface area contributed by atoms with Crippen molar-refractivity contribution in [2.24, 2.45) is 0 Å². The van der Waals surface area contributed by atoms with Gasteiger partial charge in [0.2, 0.25) is 0 Å². The molecule has 0 spiro atoms. The van der Waals surface area contributed by atoms with Crippen LogP contribution in [-0.4, -0.2) is 28.2 Å². The van der Waals surface area contributed by atoms with E-state index in [0.29, 0.717) is 17.9 Å². The van der Waals surface area contributed by atoms with Gasteiger partial charge in [0.15, 0.2) is 5.82 Å². The van der Waals surface area contributed by atoms with Crippen LogP contribution in [0.2, 0.25) is 0 Å². The smallest absolute Gasteiger partial charge is 0.339 e. The standard InChI is InChI=1S/C13H20N2O3/c1-5-7-10-9(11(16)17)8-14-12(15-10)13(3,6-2)18-4/h8H,5-7H2,1-4H3,(H,16,17). The van der Waals surface area contributed by atoms with Crippen LogP contribution < -0.4 is 0 Å². The number of aryl methyl sites for hydroxylation is 1. The fraction of sp³-hybridized carbons (Fsp3) is 0.615. The van der Waals surface area contributed by atoms with Gasteiger partial charge in [-0.2, -0.15) is 0 Å². The third-order valence-electron chi connectivity index (χ3n) is 3.18. The molecule has 1 atom stereocenters. The normalized spacial score (nSPS) is 14.2. The van der Waals surface area contributed by atoms with Gasteiger partial charge in [0.1, 0.15) is 5.60 Å². The molecule has 0 bridgehead atoms. The van der Waals surface area contributed by atoms with E-state index in [1.165, 1.54) is 6.20 Å². The van der Waals surface area contributed by atoms with E-state index in [9.17, 15) is 4.79 Å². The molecular weight excluding hydrogens is 232 g/mol. The van der Waals surface area contributed by atoms with E-state index in [4.69, 9.17) is 9.84 Å². The van der Waals surface area contributed by atoms with E-state index in [1.807, 2.05) is 20.8 Å². The lowest BCUT2D eigenvalue weighted by molar-refractivity contribution is -0.00924. The van der Waals surface area contributed by atoms with Gasteiger partial charge in [-0.1, -0.05) is 20.3 Å². The lowest BCUT2D eigenvalue weighted by atomic mass is 10.0. The third kappa shape index (κ3) is 2.85. The molecule has 100 valence electrons. The van der Waals surface area contributed by atoms with Crippen LogP contribution in [-0.2, 0) is 16.8 Å². The van der Waals surface area contributed by atoms with Crippen LogP contribution >= 0.6 is 0 Å². The average molecular weight is 252 g/mol. The van der Waals surface area contributed by atoms with Crippen LogP contribution in [0.3, 0.4) is 0 Å². The summed E-state index contributed by atoms with van der Waals surface area (Å²) in [4.78, 5) is 19.6. The largest absolute Gasteiger partial charge is 0.478 e. The minimum Gasteiger partial charge on any atom is -0.478 e. The maximum atomic E-state index is 11.1. The Kier molecular flexibility index (Phi) is 4.78. The molecule has 18 heavy (non-hydrogen) atoms. The molecule has 0 saturated carbocycles. The summed E-state index contributed by atoms with van der Waals surface area (Å²) < 4.78 is 5.43. The van der Waals surface area contributed by atoms with Crippen molar-refractivity contribution in [2.75, 3.05) is 7.11 Å². The maximum Gasteiger partial charge on any atom is 0.339 e. The molecule has 1 rings (SSSR count). The molecule has 0 aromatic carbocycles. The molecular formula is C13H20N2O3. The number of hydrogen-bond acceptors (Lipinski definition) is 4. The minimum atomic E-state index is -0.986. The first-order valence-electron chi connectivity index (χ1n) is 6.13. The summed E-state index contributed by atoms with van der Waals surface area (Å²) in [6, 6.07) is 0. The molecule has 1 N–H and O–H groups in total. The summed E-state index contributed by atoms with van der Waals surface area (Å²) in [5, 5.41) is 9.09.